The highest BCUT2D eigenvalue weighted by Crippen LogP contribution is 2.17. The summed E-state index contributed by atoms with van der Waals surface area (Å²) in [4.78, 5) is 12.1. The lowest BCUT2D eigenvalue weighted by Crippen LogP contribution is -2.30. The van der Waals surface area contributed by atoms with Crippen LogP contribution in [0.3, 0.4) is 0 Å². The van der Waals surface area contributed by atoms with E-state index in [0.29, 0.717) is 12.2 Å². The van der Waals surface area contributed by atoms with E-state index in [4.69, 9.17) is 0 Å². The fourth-order valence-electron chi connectivity index (χ4n) is 2.26. The van der Waals surface area contributed by atoms with Crippen molar-refractivity contribution in [1.29, 1.82) is 0 Å². The number of aryl methyl sites for hydroxylation is 1. The van der Waals surface area contributed by atoms with Crippen molar-refractivity contribution in [3.8, 4) is 0 Å². The molecule has 0 saturated heterocycles. The Balaban J connectivity index is 1.84. The molecule has 0 unspecified atom stereocenters. The number of carbonyl (C=O) groups is 1. The minimum absolute atomic E-state index is 0.138. The summed E-state index contributed by atoms with van der Waals surface area (Å²) >= 11 is 0. The van der Waals surface area contributed by atoms with Gasteiger partial charge in [-0.3, -0.25) is 0 Å². The van der Waals surface area contributed by atoms with Gasteiger partial charge in [0, 0.05) is 26.3 Å². The largest absolute Gasteiger partial charge is 0.338 e. The normalized spacial score (nSPS) is 11.3. The summed E-state index contributed by atoms with van der Waals surface area (Å²) in [6, 6.07) is 15.9. The SMILES string of the molecule is CN(C)S(=O)(=O)c1cccc(NC(=O)NCCCc2ccccc2)c1. The number of sulfonamides is 1. The van der Waals surface area contributed by atoms with Gasteiger partial charge in [-0.05, 0) is 36.6 Å². The minimum Gasteiger partial charge on any atom is -0.338 e. The maximum Gasteiger partial charge on any atom is 0.319 e. The fraction of sp³-hybridized carbons (Fsp3) is 0.278. The summed E-state index contributed by atoms with van der Waals surface area (Å²) in [5, 5.41) is 5.43. The van der Waals surface area contributed by atoms with Gasteiger partial charge in [-0.2, -0.15) is 0 Å². The van der Waals surface area contributed by atoms with Crippen LogP contribution >= 0.6 is 0 Å². The quantitative estimate of drug-likeness (QED) is 0.744. The molecule has 2 aromatic carbocycles. The molecule has 0 aliphatic carbocycles. The van der Waals surface area contributed by atoms with E-state index in [-0.39, 0.29) is 10.9 Å². The molecule has 2 rings (SSSR count). The number of benzene rings is 2. The van der Waals surface area contributed by atoms with Crippen LogP contribution in [0.1, 0.15) is 12.0 Å². The Morgan fingerprint density at radius 2 is 1.76 bits per heavy atom. The number of hydrogen-bond donors (Lipinski definition) is 2. The van der Waals surface area contributed by atoms with Gasteiger partial charge in [0.05, 0.1) is 4.90 Å². The second-order valence-electron chi connectivity index (χ2n) is 5.79. The van der Waals surface area contributed by atoms with E-state index in [9.17, 15) is 13.2 Å². The number of rotatable bonds is 7. The molecule has 2 N–H and O–H groups in total. The van der Waals surface area contributed by atoms with Crippen molar-refractivity contribution in [3.63, 3.8) is 0 Å². The molecule has 0 heterocycles. The Morgan fingerprint density at radius 1 is 1.04 bits per heavy atom. The zero-order chi connectivity index (χ0) is 18.3. The van der Waals surface area contributed by atoms with E-state index < -0.39 is 10.0 Å². The summed E-state index contributed by atoms with van der Waals surface area (Å²) in [5.74, 6) is 0. The summed E-state index contributed by atoms with van der Waals surface area (Å²) in [6.07, 6.45) is 1.71. The van der Waals surface area contributed by atoms with Crippen LogP contribution in [0, 0.1) is 0 Å². The van der Waals surface area contributed by atoms with Crippen LogP contribution in [0.15, 0.2) is 59.5 Å². The standard InChI is InChI=1S/C18H23N3O3S/c1-21(2)25(23,24)17-12-6-11-16(14-17)20-18(22)19-13-7-10-15-8-4-3-5-9-15/h3-6,8-9,11-12,14H,7,10,13H2,1-2H3,(H2,19,20,22). The maximum absolute atomic E-state index is 12.1. The van der Waals surface area contributed by atoms with Crippen LogP contribution in [-0.2, 0) is 16.4 Å². The van der Waals surface area contributed by atoms with Crippen molar-refractivity contribution < 1.29 is 13.2 Å². The van der Waals surface area contributed by atoms with Gasteiger partial charge in [-0.25, -0.2) is 17.5 Å². The van der Waals surface area contributed by atoms with E-state index in [2.05, 4.69) is 22.8 Å². The van der Waals surface area contributed by atoms with Gasteiger partial charge in [0.1, 0.15) is 0 Å². The van der Waals surface area contributed by atoms with Crippen LogP contribution < -0.4 is 10.6 Å². The van der Waals surface area contributed by atoms with Crippen molar-refractivity contribution in [2.75, 3.05) is 26.0 Å². The molecule has 25 heavy (non-hydrogen) atoms. The molecule has 0 spiro atoms. The zero-order valence-corrected chi connectivity index (χ0v) is 15.2. The lowest BCUT2D eigenvalue weighted by Gasteiger charge is -2.13. The number of nitrogens with zero attached hydrogens (tertiary/aromatic N) is 1. The number of urea groups is 1. The molecule has 2 amide bonds. The first-order chi connectivity index (χ1) is 11.9. The minimum atomic E-state index is -3.53. The summed E-state index contributed by atoms with van der Waals surface area (Å²) in [7, 11) is -0.591. The molecule has 0 aliphatic rings. The van der Waals surface area contributed by atoms with Crippen LogP contribution in [0.4, 0.5) is 10.5 Å². The third-order valence-corrected chi connectivity index (χ3v) is 5.45. The molecular formula is C18H23N3O3S. The van der Waals surface area contributed by atoms with Gasteiger partial charge in [-0.15, -0.1) is 0 Å². The van der Waals surface area contributed by atoms with Gasteiger partial charge >= 0.3 is 6.03 Å². The Labute approximate surface area is 148 Å². The third-order valence-electron chi connectivity index (χ3n) is 3.64. The molecule has 0 radical (unpaired) electrons. The molecule has 2 aromatic rings. The Hall–Kier alpha value is -2.38. The maximum atomic E-state index is 12.1. The topological polar surface area (TPSA) is 78.5 Å². The summed E-state index contributed by atoms with van der Waals surface area (Å²) in [5.41, 5.74) is 1.66. The average Bonchev–Trinajstić information content (AvgIpc) is 2.60. The lowest BCUT2D eigenvalue weighted by molar-refractivity contribution is 0.252. The van der Waals surface area contributed by atoms with Crippen molar-refractivity contribution in [2.45, 2.75) is 17.7 Å². The molecule has 0 fully saturated rings. The molecule has 0 atom stereocenters. The first-order valence-corrected chi connectivity index (χ1v) is 9.45. The number of anilines is 1. The van der Waals surface area contributed by atoms with Crippen LogP contribution in [0.2, 0.25) is 0 Å². The summed E-state index contributed by atoms with van der Waals surface area (Å²) in [6.45, 7) is 0.538. The van der Waals surface area contributed by atoms with E-state index in [1.807, 2.05) is 18.2 Å². The van der Waals surface area contributed by atoms with Crippen molar-refractivity contribution in [3.05, 3.63) is 60.2 Å². The predicted molar refractivity (Wildman–Crippen MR) is 99.1 cm³/mol. The number of carbonyl (C=O) groups excluding carboxylic acids is 1. The third kappa shape index (κ3) is 5.58. The van der Waals surface area contributed by atoms with Crippen molar-refractivity contribution in [2.24, 2.45) is 0 Å². The van der Waals surface area contributed by atoms with Gasteiger partial charge in [-0.1, -0.05) is 36.4 Å². The Morgan fingerprint density at radius 3 is 2.44 bits per heavy atom. The highest BCUT2D eigenvalue weighted by Gasteiger charge is 2.17. The highest BCUT2D eigenvalue weighted by atomic mass is 32.2. The fourth-order valence-corrected chi connectivity index (χ4v) is 3.21. The molecule has 7 heteroatoms. The molecule has 0 bridgehead atoms. The molecular weight excluding hydrogens is 338 g/mol. The molecule has 6 nitrogen and oxygen atoms in total. The van der Waals surface area contributed by atoms with Crippen molar-refractivity contribution >= 4 is 21.7 Å². The molecule has 0 aliphatic heterocycles. The van der Waals surface area contributed by atoms with Gasteiger partial charge < -0.3 is 10.6 Å². The van der Waals surface area contributed by atoms with Crippen LogP contribution in [-0.4, -0.2) is 39.4 Å². The molecule has 0 saturated carbocycles. The monoisotopic (exact) mass is 361 g/mol. The van der Waals surface area contributed by atoms with E-state index >= 15 is 0 Å². The number of amides is 2. The van der Waals surface area contributed by atoms with Gasteiger partial charge in [0.25, 0.3) is 0 Å². The van der Waals surface area contributed by atoms with Crippen LogP contribution in [0.25, 0.3) is 0 Å². The second-order valence-corrected chi connectivity index (χ2v) is 7.94. The number of nitrogens with one attached hydrogen (secondary N) is 2. The molecule has 134 valence electrons. The van der Waals surface area contributed by atoms with E-state index in [1.54, 1.807) is 12.1 Å². The predicted octanol–water partition coefficient (Wildman–Crippen LogP) is 2.69. The average molecular weight is 361 g/mol. The summed E-state index contributed by atoms with van der Waals surface area (Å²) < 4.78 is 25.4. The van der Waals surface area contributed by atoms with Crippen LogP contribution in [0.5, 0.6) is 0 Å². The Kier molecular flexibility index (Phi) is 6.55. The second kappa shape index (κ2) is 8.64. The molecule has 0 aromatic heterocycles. The van der Waals surface area contributed by atoms with E-state index in [1.165, 1.54) is 31.8 Å². The first kappa shape index (κ1) is 19.0. The Bertz CT molecular complexity index is 805. The first-order valence-electron chi connectivity index (χ1n) is 8.01. The van der Waals surface area contributed by atoms with Gasteiger partial charge in [0.15, 0.2) is 0 Å². The smallest absolute Gasteiger partial charge is 0.319 e. The highest BCUT2D eigenvalue weighted by molar-refractivity contribution is 7.89. The zero-order valence-electron chi connectivity index (χ0n) is 14.4. The van der Waals surface area contributed by atoms with Crippen molar-refractivity contribution in [1.82, 2.24) is 9.62 Å². The van der Waals surface area contributed by atoms with E-state index in [0.717, 1.165) is 17.1 Å². The number of hydrogen-bond acceptors (Lipinski definition) is 3. The lowest BCUT2D eigenvalue weighted by atomic mass is 10.1. The van der Waals surface area contributed by atoms with Gasteiger partial charge in [0.2, 0.25) is 10.0 Å².